The van der Waals surface area contributed by atoms with Gasteiger partial charge in [-0.3, -0.25) is 4.79 Å². The van der Waals surface area contributed by atoms with Gasteiger partial charge >= 0.3 is 0 Å². The molecule has 0 saturated carbocycles. The molecule has 0 spiro atoms. The SMILES string of the molecule is Cc1nc(Cc2ccccc2)sc1C(=O)NCC(O)CC(C)C. The van der Waals surface area contributed by atoms with E-state index in [1.165, 1.54) is 16.9 Å². The Bertz CT molecular complexity index is 638. The molecule has 1 unspecified atom stereocenters. The molecule has 4 nitrogen and oxygen atoms in total. The summed E-state index contributed by atoms with van der Waals surface area (Å²) in [6.45, 7) is 6.23. The Labute approximate surface area is 141 Å². The van der Waals surface area contributed by atoms with Crippen LogP contribution in [-0.4, -0.2) is 28.6 Å². The van der Waals surface area contributed by atoms with Gasteiger partial charge in [-0.05, 0) is 24.8 Å². The van der Waals surface area contributed by atoms with Crippen molar-refractivity contribution >= 4 is 17.2 Å². The van der Waals surface area contributed by atoms with Gasteiger partial charge in [0.1, 0.15) is 4.88 Å². The molecule has 0 aliphatic heterocycles. The average molecular weight is 332 g/mol. The summed E-state index contributed by atoms with van der Waals surface area (Å²) in [4.78, 5) is 17.4. The molecular formula is C18H24N2O2S. The number of thiazole rings is 1. The highest BCUT2D eigenvalue weighted by molar-refractivity contribution is 7.13. The first kappa shape index (κ1) is 17.6. The van der Waals surface area contributed by atoms with E-state index in [0.29, 0.717) is 17.2 Å². The maximum Gasteiger partial charge on any atom is 0.263 e. The molecule has 0 bridgehead atoms. The Balaban J connectivity index is 1.96. The fraction of sp³-hybridized carbons (Fsp3) is 0.444. The molecule has 1 aromatic carbocycles. The lowest BCUT2D eigenvalue weighted by atomic mass is 10.1. The van der Waals surface area contributed by atoms with Crippen LogP contribution in [0.2, 0.25) is 0 Å². The van der Waals surface area contributed by atoms with E-state index in [0.717, 1.165) is 17.1 Å². The van der Waals surface area contributed by atoms with Gasteiger partial charge in [0.15, 0.2) is 0 Å². The number of aliphatic hydroxyl groups excluding tert-OH is 1. The molecule has 0 fully saturated rings. The molecule has 0 saturated heterocycles. The number of aliphatic hydroxyl groups is 1. The molecule has 5 heteroatoms. The zero-order chi connectivity index (χ0) is 16.8. The van der Waals surface area contributed by atoms with Crippen LogP contribution in [0.1, 0.15) is 46.2 Å². The van der Waals surface area contributed by atoms with E-state index < -0.39 is 6.10 Å². The molecule has 0 aliphatic carbocycles. The second-order valence-electron chi connectivity index (χ2n) is 6.18. The first-order valence-electron chi connectivity index (χ1n) is 7.92. The van der Waals surface area contributed by atoms with Crippen LogP contribution >= 0.6 is 11.3 Å². The number of benzene rings is 1. The zero-order valence-electron chi connectivity index (χ0n) is 13.9. The fourth-order valence-electron chi connectivity index (χ4n) is 2.43. The van der Waals surface area contributed by atoms with Crippen LogP contribution in [0.4, 0.5) is 0 Å². The van der Waals surface area contributed by atoms with Gasteiger partial charge in [0.2, 0.25) is 0 Å². The maximum absolute atomic E-state index is 12.3. The van der Waals surface area contributed by atoms with E-state index >= 15 is 0 Å². The van der Waals surface area contributed by atoms with Gasteiger partial charge in [-0.2, -0.15) is 0 Å². The van der Waals surface area contributed by atoms with Crippen LogP contribution in [0.5, 0.6) is 0 Å². The lowest BCUT2D eigenvalue weighted by Gasteiger charge is -2.13. The normalized spacial score (nSPS) is 12.4. The van der Waals surface area contributed by atoms with Crippen molar-refractivity contribution in [3.8, 4) is 0 Å². The van der Waals surface area contributed by atoms with Crippen LogP contribution in [0.25, 0.3) is 0 Å². The van der Waals surface area contributed by atoms with Gasteiger partial charge in [-0.1, -0.05) is 44.2 Å². The Kier molecular flexibility index (Phi) is 6.30. The summed E-state index contributed by atoms with van der Waals surface area (Å²) in [6.07, 6.45) is 0.910. The van der Waals surface area contributed by atoms with Crippen molar-refractivity contribution in [1.29, 1.82) is 0 Å². The molecule has 1 atom stereocenters. The molecule has 1 amide bonds. The minimum absolute atomic E-state index is 0.151. The second-order valence-corrected chi connectivity index (χ2v) is 7.26. The van der Waals surface area contributed by atoms with Gasteiger partial charge in [-0.15, -0.1) is 11.3 Å². The fourth-order valence-corrected chi connectivity index (χ4v) is 3.44. The van der Waals surface area contributed by atoms with Crippen molar-refractivity contribution in [1.82, 2.24) is 10.3 Å². The van der Waals surface area contributed by atoms with Gasteiger partial charge in [0.25, 0.3) is 5.91 Å². The summed E-state index contributed by atoms with van der Waals surface area (Å²) < 4.78 is 0. The average Bonchev–Trinajstić information content (AvgIpc) is 2.86. The van der Waals surface area contributed by atoms with Crippen molar-refractivity contribution in [2.45, 2.75) is 39.7 Å². The zero-order valence-corrected chi connectivity index (χ0v) is 14.7. The number of hydrogen-bond donors (Lipinski definition) is 2. The molecular weight excluding hydrogens is 308 g/mol. The van der Waals surface area contributed by atoms with Crippen LogP contribution in [-0.2, 0) is 6.42 Å². The van der Waals surface area contributed by atoms with E-state index in [1.807, 2.05) is 39.0 Å². The molecule has 1 aromatic heterocycles. The molecule has 23 heavy (non-hydrogen) atoms. The summed E-state index contributed by atoms with van der Waals surface area (Å²) in [5.41, 5.74) is 1.93. The number of rotatable bonds is 7. The Hall–Kier alpha value is -1.72. The van der Waals surface area contributed by atoms with Gasteiger partial charge in [0.05, 0.1) is 16.8 Å². The minimum Gasteiger partial charge on any atom is -0.391 e. The number of amides is 1. The van der Waals surface area contributed by atoms with E-state index in [9.17, 15) is 9.90 Å². The number of nitrogens with one attached hydrogen (secondary N) is 1. The number of hydrogen-bond acceptors (Lipinski definition) is 4. The quantitative estimate of drug-likeness (QED) is 0.818. The number of carbonyl (C=O) groups excluding carboxylic acids is 1. The Morgan fingerprint density at radius 3 is 2.65 bits per heavy atom. The van der Waals surface area contributed by atoms with Crippen LogP contribution in [0.3, 0.4) is 0 Å². The Morgan fingerprint density at radius 1 is 1.30 bits per heavy atom. The molecule has 0 aliphatic rings. The highest BCUT2D eigenvalue weighted by atomic mass is 32.1. The molecule has 2 aromatic rings. The first-order valence-corrected chi connectivity index (χ1v) is 8.74. The van der Waals surface area contributed by atoms with Crippen LogP contribution in [0.15, 0.2) is 30.3 Å². The minimum atomic E-state index is -0.504. The van der Waals surface area contributed by atoms with Crippen LogP contribution in [0, 0.1) is 12.8 Å². The van der Waals surface area contributed by atoms with Crippen LogP contribution < -0.4 is 5.32 Å². The molecule has 2 rings (SSSR count). The van der Waals surface area contributed by atoms with E-state index in [4.69, 9.17) is 0 Å². The smallest absolute Gasteiger partial charge is 0.263 e. The predicted octanol–water partition coefficient (Wildman–Crippen LogP) is 3.18. The lowest BCUT2D eigenvalue weighted by molar-refractivity contribution is 0.0903. The summed E-state index contributed by atoms with van der Waals surface area (Å²) in [5, 5.41) is 13.6. The summed E-state index contributed by atoms with van der Waals surface area (Å²) in [6, 6.07) is 10.1. The van der Waals surface area contributed by atoms with Crippen molar-refractivity contribution in [2.75, 3.05) is 6.54 Å². The summed E-state index contributed by atoms with van der Waals surface area (Å²) in [7, 11) is 0. The van der Waals surface area contributed by atoms with Crippen molar-refractivity contribution in [2.24, 2.45) is 5.92 Å². The van der Waals surface area contributed by atoms with Gasteiger partial charge in [-0.25, -0.2) is 4.98 Å². The van der Waals surface area contributed by atoms with Gasteiger partial charge in [0, 0.05) is 13.0 Å². The summed E-state index contributed by atoms with van der Waals surface area (Å²) >= 11 is 1.42. The van der Waals surface area contributed by atoms with Gasteiger partial charge < -0.3 is 10.4 Å². The third-order valence-electron chi connectivity index (χ3n) is 3.49. The van der Waals surface area contributed by atoms with Crippen molar-refractivity contribution in [3.05, 3.63) is 51.5 Å². The second kappa shape index (κ2) is 8.22. The number of aryl methyl sites for hydroxylation is 1. The Morgan fingerprint density at radius 2 is 2.00 bits per heavy atom. The van der Waals surface area contributed by atoms with E-state index in [-0.39, 0.29) is 12.5 Å². The molecule has 1 heterocycles. The van der Waals surface area contributed by atoms with Crippen molar-refractivity contribution < 1.29 is 9.90 Å². The maximum atomic E-state index is 12.3. The standard InChI is InChI=1S/C18H24N2O2S/c1-12(2)9-15(21)11-19-18(22)17-13(3)20-16(23-17)10-14-7-5-4-6-8-14/h4-8,12,15,21H,9-11H2,1-3H3,(H,19,22). The molecule has 124 valence electrons. The first-order chi connectivity index (χ1) is 11.0. The third kappa shape index (κ3) is 5.44. The topological polar surface area (TPSA) is 62.2 Å². The highest BCUT2D eigenvalue weighted by Crippen LogP contribution is 2.20. The number of carbonyl (C=O) groups is 1. The largest absolute Gasteiger partial charge is 0.391 e. The summed E-state index contributed by atoms with van der Waals surface area (Å²) in [5.74, 6) is 0.256. The van der Waals surface area contributed by atoms with Crippen molar-refractivity contribution in [3.63, 3.8) is 0 Å². The number of aromatic nitrogens is 1. The third-order valence-corrected chi connectivity index (χ3v) is 4.64. The molecule has 0 radical (unpaired) electrons. The van der Waals surface area contributed by atoms with E-state index in [2.05, 4.69) is 22.4 Å². The highest BCUT2D eigenvalue weighted by Gasteiger charge is 2.16. The molecule has 2 N–H and O–H groups in total. The lowest BCUT2D eigenvalue weighted by Crippen LogP contribution is -2.32. The monoisotopic (exact) mass is 332 g/mol. The number of nitrogens with zero attached hydrogens (tertiary/aromatic N) is 1. The van der Waals surface area contributed by atoms with E-state index in [1.54, 1.807) is 0 Å². The predicted molar refractivity (Wildman–Crippen MR) is 93.9 cm³/mol.